The Hall–Kier alpha value is -2.11. The number of amides is 1. The molecule has 0 saturated carbocycles. The largest absolute Gasteiger partial charge is 0.480 e. The number of carbonyl (C=O) groups is 2. The zero-order valence-electron chi connectivity index (χ0n) is 9.64. The smallest absolute Gasteiger partial charge is 0.326 e. The van der Waals surface area contributed by atoms with Gasteiger partial charge in [0.15, 0.2) is 0 Å². The summed E-state index contributed by atoms with van der Waals surface area (Å²) in [5.74, 6) is -1.58. The Morgan fingerprint density at radius 2 is 2.12 bits per heavy atom. The first-order chi connectivity index (χ1) is 7.97. The monoisotopic (exact) mass is 238 g/mol. The van der Waals surface area contributed by atoms with Crippen LogP contribution in [-0.2, 0) is 4.79 Å². The summed E-state index contributed by atoms with van der Waals surface area (Å²) in [6.45, 7) is 1.68. The highest BCUT2D eigenvalue weighted by Gasteiger charge is 2.25. The maximum Gasteiger partial charge on any atom is 0.326 e. The van der Waals surface area contributed by atoms with Gasteiger partial charge >= 0.3 is 5.97 Å². The summed E-state index contributed by atoms with van der Waals surface area (Å²) < 4.78 is 0. The first kappa shape index (κ1) is 13.0. The summed E-state index contributed by atoms with van der Waals surface area (Å²) in [7, 11) is 1.40. The summed E-state index contributed by atoms with van der Waals surface area (Å²) in [6.07, 6.45) is 0.300. The first-order valence-electron chi connectivity index (χ1n) is 5.16. The zero-order valence-corrected chi connectivity index (χ0v) is 9.64. The molecule has 1 amide bonds. The van der Waals surface area contributed by atoms with Crippen molar-refractivity contribution < 1.29 is 14.7 Å². The van der Waals surface area contributed by atoms with Gasteiger partial charge in [0, 0.05) is 13.1 Å². The number of pyridine rings is 1. The van der Waals surface area contributed by atoms with Crippen LogP contribution in [0.2, 0.25) is 0 Å². The molecule has 0 aliphatic carbocycles. The van der Waals surface area contributed by atoms with Crippen LogP contribution in [0.3, 0.4) is 0 Å². The summed E-state index contributed by atoms with van der Waals surface area (Å²) in [5.41, 5.74) is -0.313. The molecule has 0 aromatic carbocycles. The third-order valence-electron chi connectivity index (χ3n) is 2.46. The van der Waals surface area contributed by atoms with Crippen LogP contribution in [0.5, 0.6) is 0 Å². The molecule has 17 heavy (non-hydrogen) atoms. The predicted molar refractivity (Wildman–Crippen MR) is 60.9 cm³/mol. The lowest BCUT2D eigenvalue weighted by Crippen LogP contribution is -2.42. The Labute approximate surface area is 97.9 Å². The van der Waals surface area contributed by atoms with Crippen molar-refractivity contribution in [1.82, 2.24) is 9.88 Å². The van der Waals surface area contributed by atoms with Gasteiger partial charge in [-0.1, -0.05) is 13.0 Å². The third kappa shape index (κ3) is 2.93. The lowest BCUT2D eigenvalue weighted by atomic mass is 10.2. The molecule has 0 saturated heterocycles. The van der Waals surface area contributed by atoms with E-state index < -0.39 is 23.5 Å². The van der Waals surface area contributed by atoms with E-state index in [0.29, 0.717) is 6.42 Å². The number of hydrogen-bond donors (Lipinski definition) is 2. The summed E-state index contributed by atoms with van der Waals surface area (Å²) >= 11 is 0. The van der Waals surface area contributed by atoms with Crippen LogP contribution >= 0.6 is 0 Å². The van der Waals surface area contributed by atoms with Crippen LogP contribution in [0.25, 0.3) is 0 Å². The fourth-order valence-corrected chi connectivity index (χ4v) is 1.52. The Balaban J connectivity index is 2.97. The molecule has 6 heteroatoms. The van der Waals surface area contributed by atoms with E-state index in [1.54, 1.807) is 6.92 Å². The van der Waals surface area contributed by atoms with Gasteiger partial charge in [0.25, 0.3) is 5.91 Å². The van der Waals surface area contributed by atoms with Gasteiger partial charge in [0.05, 0.1) is 0 Å². The minimum atomic E-state index is -1.07. The van der Waals surface area contributed by atoms with Crippen molar-refractivity contribution in [2.75, 3.05) is 7.05 Å². The number of likely N-dealkylation sites (N-methyl/N-ethyl adjacent to an activating group) is 1. The minimum absolute atomic E-state index is 0.0831. The number of nitrogens with zero attached hydrogens (tertiary/aromatic N) is 1. The van der Waals surface area contributed by atoms with Gasteiger partial charge in [-0.15, -0.1) is 0 Å². The number of nitrogens with one attached hydrogen (secondary N) is 1. The molecule has 1 rings (SSSR count). The minimum Gasteiger partial charge on any atom is -0.480 e. The SMILES string of the molecule is CCC(C(=O)O)N(C)C(=O)c1cccc(=O)[nH]1. The lowest BCUT2D eigenvalue weighted by Gasteiger charge is -2.23. The maximum atomic E-state index is 11.9. The van der Waals surface area contributed by atoms with Gasteiger partial charge in [0.1, 0.15) is 11.7 Å². The summed E-state index contributed by atoms with van der Waals surface area (Å²) in [6, 6.07) is 3.27. The number of H-pyrrole nitrogens is 1. The van der Waals surface area contributed by atoms with Crippen LogP contribution < -0.4 is 5.56 Å². The highest BCUT2D eigenvalue weighted by molar-refractivity contribution is 5.94. The molecule has 1 aromatic heterocycles. The molecule has 0 spiro atoms. The average Bonchev–Trinajstić information content (AvgIpc) is 2.28. The molecule has 1 heterocycles. The van der Waals surface area contributed by atoms with Crippen molar-refractivity contribution in [3.63, 3.8) is 0 Å². The molecular weight excluding hydrogens is 224 g/mol. The zero-order chi connectivity index (χ0) is 13.0. The van der Waals surface area contributed by atoms with Crippen molar-refractivity contribution in [1.29, 1.82) is 0 Å². The first-order valence-corrected chi connectivity index (χ1v) is 5.16. The molecule has 1 unspecified atom stereocenters. The maximum absolute atomic E-state index is 11.9. The number of aliphatic carboxylic acids is 1. The normalized spacial score (nSPS) is 11.9. The molecule has 1 atom stereocenters. The topological polar surface area (TPSA) is 90.5 Å². The van der Waals surface area contributed by atoms with Gasteiger partial charge < -0.3 is 15.0 Å². The van der Waals surface area contributed by atoms with E-state index in [9.17, 15) is 14.4 Å². The quantitative estimate of drug-likeness (QED) is 0.789. The second-order valence-electron chi connectivity index (χ2n) is 3.61. The van der Waals surface area contributed by atoms with Crippen molar-refractivity contribution in [3.05, 3.63) is 34.2 Å². The van der Waals surface area contributed by atoms with E-state index >= 15 is 0 Å². The Bertz CT molecular complexity index is 480. The van der Waals surface area contributed by atoms with E-state index in [2.05, 4.69) is 4.98 Å². The van der Waals surface area contributed by atoms with Gasteiger partial charge in [0.2, 0.25) is 5.56 Å². The molecule has 1 aromatic rings. The Morgan fingerprint density at radius 1 is 1.47 bits per heavy atom. The van der Waals surface area contributed by atoms with Gasteiger partial charge in [-0.25, -0.2) is 4.79 Å². The highest BCUT2D eigenvalue weighted by Crippen LogP contribution is 2.06. The van der Waals surface area contributed by atoms with E-state index in [4.69, 9.17) is 5.11 Å². The molecule has 0 radical (unpaired) electrons. The number of aromatic nitrogens is 1. The van der Waals surface area contributed by atoms with Crippen LogP contribution in [0.4, 0.5) is 0 Å². The predicted octanol–water partition coefficient (Wildman–Crippen LogP) is 0.310. The van der Waals surface area contributed by atoms with Gasteiger partial charge in [-0.3, -0.25) is 9.59 Å². The summed E-state index contributed by atoms with van der Waals surface area (Å²) in [5, 5.41) is 8.93. The molecular formula is C11H14N2O4. The van der Waals surface area contributed by atoms with E-state index in [1.807, 2.05) is 0 Å². The second kappa shape index (κ2) is 5.29. The van der Waals surface area contributed by atoms with Crippen LogP contribution in [0.15, 0.2) is 23.0 Å². The van der Waals surface area contributed by atoms with Crippen molar-refractivity contribution in [2.24, 2.45) is 0 Å². The lowest BCUT2D eigenvalue weighted by molar-refractivity contribution is -0.142. The van der Waals surface area contributed by atoms with Gasteiger partial charge in [-0.2, -0.15) is 0 Å². The molecule has 6 nitrogen and oxygen atoms in total. The van der Waals surface area contributed by atoms with Crippen molar-refractivity contribution in [3.8, 4) is 0 Å². The fraction of sp³-hybridized carbons (Fsp3) is 0.364. The molecule has 92 valence electrons. The fourth-order valence-electron chi connectivity index (χ4n) is 1.52. The number of hydrogen-bond acceptors (Lipinski definition) is 3. The molecule has 0 fully saturated rings. The van der Waals surface area contributed by atoms with Crippen molar-refractivity contribution >= 4 is 11.9 Å². The second-order valence-corrected chi connectivity index (χ2v) is 3.61. The number of aromatic amines is 1. The Morgan fingerprint density at radius 3 is 2.59 bits per heavy atom. The highest BCUT2D eigenvalue weighted by atomic mass is 16.4. The number of carboxylic acid groups (broad SMARTS) is 1. The molecule has 2 N–H and O–H groups in total. The van der Waals surface area contributed by atoms with E-state index in [-0.39, 0.29) is 5.69 Å². The number of carbonyl (C=O) groups excluding carboxylic acids is 1. The van der Waals surface area contributed by atoms with E-state index in [1.165, 1.54) is 25.2 Å². The van der Waals surface area contributed by atoms with Gasteiger partial charge in [-0.05, 0) is 12.5 Å². The van der Waals surface area contributed by atoms with Crippen LogP contribution in [-0.4, -0.2) is 40.0 Å². The number of rotatable bonds is 4. The molecule has 0 aliphatic rings. The molecule has 0 aliphatic heterocycles. The van der Waals surface area contributed by atoms with Crippen LogP contribution in [0, 0.1) is 0 Å². The Kier molecular flexibility index (Phi) is 4.03. The average molecular weight is 238 g/mol. The summed E-state index contributed by atoms with van der Waals surface area (Å²) in [4.78, 5) is 37.3. The third-order valence-corrected chi connectivity index (χ3v) is 2.46. The van der Waals surface area contributed by atoms with Crippen molar-refractivity contribution in [2.45, 2.75) is 19.4 Å². The van der Waals surface area contributed by atoms with E-state index in [0.717, 1.165) is 4.90 Å². The number of carboxylic acids is 1. The van der Waals surface area contributed by atoms with Crippen LogP contribution in [0.1, 0.15) is 23.8 Å². The standard InChI is InChI=1S/C11H14N2O4/c1-3-8(11(16)17)13(2)10(15)7-5-4-6-9(14)12-7/h4-6,8H,3H2,1-2H3,(H,12,14)(H,16,17). The molecule has 0 bridgehead atoms.